The molecule has 1 aliphatic heterocycles. The van der Waals surface area contributed by atoms with E-state index >= 15 is 0 Å². The molecule has 1 atom stereocenters. The summed E-state index contributed by atoms with van der Waals surface area (Å²) in [6.45, 7) is 3.76. The molecule has 1 unspecified atom stereocenters. The SMILES string of the molecule is Cc1cc(C(=O)N(Cc2cccs2)CC2CCCO2)no1. The van der Waals surface area contributed by atoms with E-state index in [1.165, 1.54) is 0 Å². The lowest BCUT2D eigenvalue weighted by Gasteiger charge is -2.24. The van der Waals surface area contributed by atoms with Crippen LogP contribution in [0.3, 0.4) is 0 Å². The number of aryl methyl sites for hydroxylation is 1. The number of thiophene rings is 1. The van der Waals surface area contributed by atoms with Gasteiger partial charge in [0.15, 0.2) is 5.69 Å². The summed E-state index contributed by atoms with van der Waals surface area (Å²) in [5.74, 6) is 0.544. The summed E-state index contributed by atoms with van der Waals surface area (Å²) >= 11 is 1.65. The maximum atomic E-state index is 12.6. The number of amides is 1. The predicted molar refractivity (Wildman–Crippen MR) is 79.3 cm³/mol. The number of carbonyl (C=O) groups excluding carboxylic acids is 1. The Hall–Kier alpha value is -1.66. The lowest BCUT2D eigenvalue weighted by atomic mass is 10.2. The number of hydrogen-bond acceptors (Lipinski definition) is 5. The first kappa shape index (κ1) is 14.3. The molecule has 112 valence electrons. The van der Waals surface area contributed by atoms with E-state index in [9.17, 15) is 4.79 Å². The minimum Gasteiger partial charge on any atom is -0.376 e. The minimum absolute atomic E-state index is 0.101. The molecule has 1 aliphatic rings. The Kier molecular flexibility index (Phi) is 4.36. The molecule has 0 aromatic carbocycles. The zero-order chi connectivity index (χ0) is 14.7. The number of rotatable bonds is 5. The Balaban J connectivity index is 1.75. The number of nitrogens with zero attached hydrogens (tertiary/aromatic N) is 2. The summed E-state index contributed by atoms with van der Waals surface area (Å²) in [6, 6.07) is 5.71. The normalized spacial score (nSPS) is 18.0. The van der Waals surface area contributed by atoms with Crippen molar-refractivity contribution in [2.24, 2.45) is 0 Å². The first-order valence-corrected chi connectivity index (χ1v) is 7.97. The van der Waals surface area contributed by atoms with E-state index in [1.54, 1.807) is 29.2 Å². The van der Waals surface area contributed by atoms with Crippen LogP contribution in [0.4, 0.5) is 0 Å². The summed E-state index contributed by atoms with van der Waals surface area (Å²) in [5.41, 5.74) is 0.363. The van der Waals surface area contributed by atoms with Gasteiger partial charge in [-0.05, 0) is 31.2 Å². The monoisotopic (exact) mass is 306 g/mol. The molecule has 1 fully saturated rings. The van der Waals surface area contributed by atoms with Crippen LogP contribution in [0.15, 0.2) is 28.1 Å². The molecule has 1 amide bonds. The van der Waals surface area contributed by atoms with E-state index in [2.05, 4.69) is 5.16 Å². The smallest absolute Gasteiger partial charge is 0.276 e. The molecular weight excluding hydrogens is 288 g/mol. The number of ether oxygens (including phenoxy) is 1. The van der Waals surface area contributed by atoms with Gasteiger partial charge in [-0.25, -0.2) is 0 Å². The highest BCUT2D eigenvalue weighted by atomic mass is 32.1. The highest BCUT2D eigenvalue weighted by Crippen LogP contribution is 2.19. The van der Waals surface area contributed by atoms with E-state index in [4.69, 9.17) is 9.26 Å². The van der Waals surface area contributed by atoms with Gasteiger partial charge in [-0.15, -0.1) is 11.3 Å². The van der Waals surface area contributed by atoms with Crippen molar-refractivity contribution >= 4 is 17.2 Å². The van der Waals surface area contributed by atoms with Crippen molar-refractivity contribution in [3.8, 4) is 0 Å². The van der Waals surface area contributed by atoms with Crippen molar-refractivity contribution in [1.29, 1.82) is 0 Å². The predicted octanol–water partition coefficient (Wildman–Crippen LogP) is 2.87. The topological polar surface area (TPSA) is 55.6 Å². The van der Waals surface area contributed by atoms with Crippen LogP contribution in [0, 0.1) is 6.92 Å². The number of carbonyl (C=O) groups is 1. The van der Waals surface area contributed by atoms with E-state index in [-0.39, 0.29) is 12.0 Å². The molecule has 0 radical (unpaired) electrons. The van der Waals surface area contributed by atoms with Gasteiger partial charge >= 0.3 is 0 Å². The summed E-state index contributed by atoms with van der Waals surface area (Å²) in [7, 11) is 0. The Morgan fingerprint density at radius 1 is 1.57 bits per heavy atom. The molecule has 2 aromatic rings. The highest BCUT2D eigenvalue weighted by molar-refractivity contribution is 7.09. The molecule has 0 aliphatic carbocycles. The van der Waals surface area contributed by atoms with Gasteiger partial charge in [-0.1, -0.05) is 11.2 Å². The molecule has 0 N–H and O–H groups in total. The fourth-order valence-corrected chi connectivity index (χ4v) is 3.19. The number of hydrogen-bond donors (Lipinski definition) is 0. The second kappa shape index (κ2) is 6.41. The second-order valence-electron chi connectivity index (χ2n) is 5.22. The Morgan fingerprint density at radius 2 is 2.48 bits per heavy atom. The molecule has 3 heterocycles. The summed E-state index contributed by atoms with van der Waals surface area (Å²) in [6.07, 6.45) is 2.20. The van der Waals surface area contributed by atoms with Gasteiger partial charge in [-0.2, -0.15) is 0 Å². The minimum atomic E-state index is -0.101. The molecule has 3 rings (SSSR count). The lowest BCUT2D eigenvalue weighted by Crippen LogP contribution is -2.36. The van der Waals surface area contributed by atoms with Crippen LogP contribution in [0.5, 0.6) is 0 Å². The maximum absolute atomic E-state index is 12.6. The van der Waals surface area contributed by atoms with Crippen LogP contribution >= 0.6 is 11.3 Å². The third-order valence-electron chi connectivity index (χ3n) is 3.51. The molecular formula is C15H18N2O3S. The molecule has 1 saturated heterocycles. The van der Waals surface area contributed by atoms with E-state index in [0.29, 0.717) is 24.5 Å². The van der Waals surface area contributed by atoms with Crippen LogP contribution in [0.1, 0.15) is 34.0 Å². The van der Waals surface area contributed by atoms with Crippen molar-refractivity contribution in [1.82, 2.24) is 10.1 Å². The first-order chi connectivity index (χ1) is 10.2. The lowest BCUT2D eigenvalue weighted by molar-refractivity contribution is 0.0502. The van der Waals surface area contributed by atoms with Crippen LogP contribution < -0.4 is 0 Å². The number of aromatic nitrogens is 1. The Morgan fingerprint density at radius 3 is 3.10 bits per heavy atom. The molecule has 0 saturated carbocycles. The van der Waals surface area contributed by atoms with Crippen LogP contribution in [0.25, 0.3) is 0 Å². The zero-order valence-electron chi connectivity index (χ0n) is 11.9. The molecule has 0 spiro atoms. The molecule has 6 heteroatoms. The quantitative estimate of drug-likeness (QED) is 0.852. The average Bonchev–Trinajstić information content (AvgIpc) is 3.19. The van der Waals surface area contributed by atoms with Crippen LogP contribution in [-0.2, 0) is 11.3 Å². The molecule has 0 bridgehead atoms. The standard InChI is InChI=1S/C15H18N2O3S/c1-11-8-14(16-20-11)15(18)17(9-12-4-2-6-19-12)10-13-5-3-7-21-13/h3,5,7-8,12H,2,4,6,9-10H2,1H3. The highest BCUT2D eigenvalue weighted by Gasteiger charge is 2.25. The van der Waals surface area contributed by atoms with Gasteiger partial charge in [-0.3, -0.25) is 4.79 Å². The average molecular weight is 306 g/mol. The maximum Gasteiger partial charge on any atom is 0.276 e. The van der Waals surface area contributed by atoms with E-state index in [0.717, 1.165) is 24.3 Å². The van der Waals surface area contributed by atoms with Gasteiger partial charge < -0.3 is 14.2 Å². The van der Waals surface area contributed by atoms with Crippen molar-refractivity contribution < 1.29 is 14.1 Å². The van der Waals surface area contributed by atoms with Gasteiger partial charge in [0.2, 0.25) is 0 Å². The van der Waals surface area contributed by atoms with Crippen molar-refractivity contribution in [3.63, 3.8) is 0 Å². The summed E-state index contributed by atoms with van der Waals surface area (Å²) in [5, 5.41) is 5.85. The summed E-state index contributed by atoms with van der Waals surface area (Å²) in [4.78, 5) is 15.6. The zero-order valence-corrected chi connectivity index (χ0v) is 12.8. The van der Waals surface area contributed by atoms with Gasteiger partial charge in [0.25, 0.3) is 5.91 Å². The third kappa shape index (κ3) is 3.51. The van der Waals surface area contributed by atoms with Gasteiger partial charge in [0, 0.05) is 24.1 Å². The van der Waals surface area contributed by atoms with Crippen LogP contribution in [-0.4, -0.2) is 35.2 Å². The van der Waals surface area contributed by atoms with Gasteiger partial charge in [0.05, 0.1) is 12.6 Å². The van der Waals surface area contributed by atoms with Gasteiger partial charge in [0.1, 0.15) is 5.76 Å². The van der Waals surface area contributed by atoms with Crippen molar-refractivity contribution in [2.75, 3.05) is 13.2 Å². The van der Waals surface area contributed by atoms with Crippen LogP contribution in [0.2, 0.25) is 0 Å². The van der Waals surface area contributed by atoms with E-state index in [1.807, 2.05) is 17.5 Å². The molecule has 21 heavy (non-hydrogen) atoms. The summed E-state index contributed by atoms with van der Waals surface area (Å²) < 4.78 is 10.7. The van der Waals surface area contributed by atoms with Crippen molar-refractivity contribution in [2.45, 2.75) is 32.4 Å². The first-order valence-electron chi connectivity index (χ1n) is 7.09. The van der Waals surface area contributed by atoms with E-state index < -0.39 is 0 Å². The van der Waals surface area contributed by atoms with Crippen molar-refractivity contribution in [3.05, 3.63) is 39.9 Å². The largest absolute Gasteiger partial charge is 0.376 e. The molecule has 5 nitrogen and oxygen atoms in total. The Bertz CT molecular complexity index is 588. The molecule has 2 aromatic heterocycles. The Labute approximate surface area is 127 Å². The fraction of sp³-hybridized carbons (Fsp3) is 0.467. The third-order valence-corrected chi connectivity index (χ3v) is 4.37. The fourth-order valence-electron chi connectivity index (χ4n) is 2.47. The second-order valence-corrected chi connectivity index (χ2v) is 6.26.